The molecule has 0 radical (unpaired) electrons. The third-order valence-electron chi connectivity index (χ3n) is 2.68. The van der Waals surface area contributed by atoms with Crippen molar-refractivity contribution in [2.24, 2.45) is 4.99 Å². The van der Waals surface area contributed by atoms with Gasteiger partial charge in [0.05, 0.1) is 0 Å². The first-order valence-electron chi connectivity index (χ1n) is 5.56. The Labute approximate surface area is 135 Å². The molecule has 1 aliphatic heterocycles. The van der Waals surface area contributed by atoms with Crippen molar-refractivity contribution in [1.82, 2.24) is 10.3 Å². The van der Waals surface area contributed by atoms with Crippen LogP contribution in [0.4, 0.5) is 0 Å². The summed E-state index contributed by atoms with van der Waals surface area (Å²) in [7, 11) is 0. The fourth-order valence-corrected chi connectivity index (χ4v) is 3.13. The molecule has 0 unspecified atom stereocenters. The highest BCUT2D eigenvalue weighted by Gasteiger charge is 2.10. The van der Waals surface area contributed by atoms with E-state index in [-0.39, 0.29) is 24.0 Å². The van der Waals surface area contributed by atoms with Crippen molar-refractivity contribution in [3.63, 3.8) is 0 Å². The molecule has 1 aliphatic rings. The summed E-state index contributed by atoms with van der Waals surface area (Å²) >= 11 is 5.20. The molecule has 0 bridgehead atoms. The minimum atomic E-state index is 0. The molecule has 0 fully saturated rings. The van der Waals surface area contributed by atoms with Gasteiger partial charge in [-0.1, -0.05) is 27.7 Å². The molecule has 0 spiro atoms. The lowest BCUT2D eigenvalue weighted by Crippen LogP contribution is -2.26. The molecule has 2 aromatic rings. The molecule has 3 nitrogen and oxygen atoms in total. The fraction of sp³-hybridized carbons (Fsp3) is 0.250. The van der Waals surface area contributed by atoms with E-state index in [0.717, 1.165) is 34.7 Å². The summed E-state index contributed by atoms with van der Waals surface area (Å²) in [5.41, 5.74) is 1.16. The summed E-state index contributed by atoms with van der Waals surface area (Å²) in [6.07, 6.45) is 3.17. The summed E-state index contributed by atoms with van der Waals surface area (Å²) in [6, 6.07) is 6.26. The molecule has 0 amide bonds. The molecular formula is C12H13BrIN3S. The number of nitrogens with one attached hydrogen (secondary N) is 2. The summed E-state index contributed by atoms with van der Waals surface area (Å²) in [5, 5.41) is 5.58. The fourth-order valence-electron chi connectivity index (χ4n) is 1.84. The number of amidine groups is 1. The lowest BCUT2D eigenvalue weighted by atomic mass is 10.2. The number of benzene rings is 1. The lowest BCUT2D eigenvalue weighted by molar-refractivity contribution is 0.751. The minimum Gasteiger partial charge on any atom is -0.365 e. The van der Waals surface area contributed by atoms with Crippen LogP contribution in [-0.2, 0) is 0 Å². The zero-order valence-electron chi connectivity index (χ0n) is 9.57. The Morgan fingerprint density at radius 3 is 3.00 bits per heavy atom. The number of hydrogen-bond donors (Lipinski definition) is 2. The summed E-state index contributed by atoms with van der Waals surface area (Å²) in [5.74, 6) is 0. The maximum absolute atomic E-state index is 4.48. The van der Waals surface area contributed by atoms with Gasteiger partial charge in [-0.15, -0.1) is 24.0 Å². The van der Waals surface area contributed by atoms with Crippen LogP contribution in [0.5, 0.6) is 0 Å². The number of hydrogen-bond acceptors (Lipinski definition) is 3. The van der Waals surface area contributed by atoms with E-state index in [2.05, 4.69) is 43.4 Å². The molecule has 0 aliphatic carbocycles. The predicted molar refractivity (Wildman–Crippen MR) is 92.2 cm³/mol. The Hall–Kier alpha value is -0.210. The van der Waals surface area contributed by atoms with Crippen molar-refractivity contribution in [3.05, 3.63) is 28.9 Å². The second-order valence-corrected chi connectivity index (χ2v) is 5.86. The topological polar surface area (TPSA) is 40.2 Å². The van der Waals surface area contributed by atoms with Gasteiger partial charge in [-0.05, 0) is 24.6 Å². The average Bonchev–Trinajstić information content (AvgIpc) is 2.73. The van der Waals surface area contributed by atoms with E-state index in [0.29, 0.717) is 0 Å². The highest BCUT2D eigenvalue weighted by molar-refractivity contribution is 14.0. The number of aromatic amines is 1. The quantitative estimate of drug-likeness (QED) is 0.662. The number of nitrogens with zero attached hydrogens (tertiary/aromatic N) is 1. The van der Waals surface area contributed by atoms with Crippen molar-refractivity contribution in [2.75, 3.05) is 13.1 Å². The molecule has 2 N–H and O–H groups in total. The van der Waals surface area contributed by atoms with Gasteiger partial charge in [0.25, 0.3) is 0 Å². The predicted octanol–water partition coefficient (Wildman–Crippen LogP) is 3.99. The van der Waals surface area contributed by atoms with E-state index in [9.17, 15) is 0 Å². The maximum atomic E-state index is 4.48. The summed E-state index contributed by atoms with van der Waals surface area (Å²) < 4.78 is 1.10. The Bertz CT molecular complexity index is 582. The molecule has 96 valence electrons. The van der Waals surface area contributed by atoms with Crippen molar-refractivity contribution in [1.29, 1.82) is 0 Å². The maximum Gasteiger partial charge on any atom is 0.161 e. The molecule has 2 heterocycles. The summed E-state index contributed by atoms with van der Waals surface area (Å²) in [4.78, 5) is 8.97. The van der Waals surface area contributed by atoms with E-state index in [1.165, 1.54) is 10.3 Å². The van der Waals surface area contributed by atoms with E-state index >= 15 is 0 Å². The van der Waals surface area contributed by atoms with Crippen LogP contribution >= 0.6 is 51.7 Å². The first kappa shape index (κ1) is 14.2. The Morgan fingerprint density at radius 2 is 2.22 bits per heavy atom. The van der Waals surface area contributed by atoms with Gasteiger partial charge in [0.15, 0.2) is 5.17 Å². The molecule has 3 rings (SSSR count). The smallest absolute Gasteiger partial charge is 0.161 e. The Kier molecular flexibility index (Phi) is 4.97. The van der Waals surface area contributed by atoms with Gasteiger partial charge in [-0.2, -0.15) is 0 Å². The first-order valence-corrected chi connectivity index (χ1v) is 7.17. The number of rotatable bonds is 1. The molecule has 0 atom stereocenters. The largest absolute Gasteiger partial charge is 0.365 e. The van der Waals surface area contributed by atoms with Crippen LogP contribution in [0.1, 0.15) is 6.42 Å². The first-order chi connectivity index (χ1) is 8.33. The van der Waals surface area contributed by atoms with Crippen LogP contribution < -0.4 is 5.32 Å². The van der Waals surface area contributed by atoms with Gasteiger partial charge in [-0.25, -0.2) is 0 Å². The van der Waals surface area contributed by atoms with E-state index in [4.69, 9.17) is 0 Å². The van der Waals surface area contributed by atoms with Gasteiger partial charge < -0.3 is 10.3 Å². The zero-order chi connectivity index (χ0) is 11.7. The van der Waals surface area contributed by atoms with Crippen LogP contribution in [-0.4, -0.2) is 23.2 Å². The highest BCUT2D eigenvalue weighted by atomic mass is 127. The third-order valence-corrected chi connectivity index (χ3v) is 4.20. The lowest BCUT2D eigenvalue weighted by Gasteiger charge is -2.13. The van der Waals surface area contributed by atoms with Crippen LogP contribution in [0, 0.1) is 0 Å². The van der Waals surface area contributed by atoms with Crippen LogP contribution in [0.15, 0.2) is 38.8 Å². The van der Waals surface area contributed by atoms with Gasteiger partial charge >= 0.3 is 0 Å². The third kappa shape index (κ3) is 3.03. The van der Waals surface area contributed by atoms with E-state index in [1.807, 2.05) is 12.3 Å². The Morgan fingerprint density at radius 1 is 1.33 bits per heavy atom. The zero-order valence-corrected chi connectivity index (χ0v) is 14.3. The molecule has 0 saturated carbocycles. The molecular weight excluding hydrogens is 425 g/mol. The average molecular weight is 438 g/mol. The van der Waals surface area contributed by atoms with Gasteiger partial charge in [-0.3, -0.25) is 4.99 Å². The molecule has 1 aromatic heterocycles. The summed E-state index contributed by atoms with van der Waals surface area (Å²) in [6.45, 7) is 1.96. The molecule has 0 saturated heterocycles. The van der Waals surface area contributed by atoms with Crippen molar-refractivity contribution >= 4 is 67.7 Å². The molecule has 18 heavy (non-hydrogen) atoms. The monoisotopic (exact) mass is 437 g/mol. The minimum absolute atomic E-state index is 0. The number of fused-ring (bicyclic) bond motifs is 1. The number of aliphatic imine (C=N–C) groups is 1. The van der Waals surface area contributed by atoms with Gasteiger partial charge in [0.2, 0.25) is 0 Å². The number of halogens is 2. The van der Waals surface area contributed by atoms with Crippen molar-refractivity contribution in [2.45, 2.75) is 11.3 Å². The van der Waals surface area contributed by atoms with Crippen molar-refractivity contribution in [3.8, 4) is 0 Å². The van der Waals surface area contributed by atoms with Crippen LogP contribution in [0.3, 0.4) is 0 Å². The van der Waals surface area contributed by atoms with Crippen molar-refractivity contribution < 1.29 is 0 Å². The number of aromatic nitrogens is 1. The van der Waals surface area contributed by atoms with Crippen LogP contribution in [0.25, 0.3) is 10.9 Å². The standard InChI is InChI=1S/C12H12BrN3S.HI/c13-8-2-3-10-9(6-8)11(7-16-10)17-12-14-4-1-5-15-12;/h2-3,6-7,16H,1,4-5H2,(H,14,15);1H. The SMILES string of the molecule is Brc1ccc2[nH]cc(SC3=NCCCN3)c2c1.I. The van der Waals surface area contributed by atoms with Gasteiger partial charge in [0, 0.05) is 39.6 Å². The van der Waals surface area contributed by atoms with E-state index < -0.39 is 0 Å². The highest BCUT2D eigenvalue weighted by Crippen LogP contribution is 2.30. The second-order valence-electron chi connectivity index (χ2n) is 3.91. The molecule has 1 aromatic carbocycles. The molecule has 6 heteroatoms. The number of thioether (sulfide) groups is 1. The Balaban J connectivity index is 0.00000120. The number of H-pyrrole nitrogens is 1. The van der Waals surface area contributed by atoms with Crippen LogP contribution in [0.2, 0.25) is 0 Å². The van der Waals surface area contributed by atoms with E-state index in [1.54, 1.807) is 11.8 Å². The van der Waals surface area contributed by atoms with Gasteiger partial charge in [0.1, 0.15) is 0 Å². The second kappa shape index (κ2) is 6.29. The normalized spacial score (nSPS) is 14.8.